The highest BCUT2D eigenvalue weighted by atomic mass is 16.5. The van der Waals surface area contributed by atoms with E-state index in [-0.39, 0.29) is 11.9 Å². The normalized spacial score (nSPS) is 40.4. The van der Waals surface area contributed by atoms with E-state index < -0.39 is 0 Å². The van der Waals surface area contributed by atoms with Crippen LogP contribution in [0.25, 0.3) is 0 Å². The number of carbonyl (C=O) groups is 2. The number of esters is 2. The van der Waals surface area contributed by atoms with Gasteiger partial charge in [-0.1, -0.05) is 24.3 Å². The molecule has 0 saturated heterocycles. The number of rotatable bonds is 4. The van der Waals surface area contributed by atoms with E-state index in [1.807, 2.05) is 0 Å². The minimum Gasteiger partial charge on any atom is -0.466 e. The SMILES string of the molecule is CC(=O)OC[C@H]1[C@H](COC(C)=O)[C@@H]2CC[C@H]1[C@@H]1[C@H]2[C@@H]2C[C@H]1c1ccccc12. The summed E-state index contributed by atoms with van der Waals surface area (Å²) in [7, 11) is 0. The van der Waals surface area contributed by atoms with E-state index in [9.17, 15) is 9.59 Å². The Morgan fingerprint density at radius 3 is 1.70 bits per heavy atom. The van der Waals surface area contributed by atoms with Gasteiger partial charge in [0.15, 0.2) is 0 Å². The first kappa shape index (κ1) is 17.3. The van der Waals surface area contributed by atoms with E-state index in [0.717, 1.165) is 0 Å². The molecule has 0 amide bonds. The number of carbonyl (C=O) groups excluding carboxylic acids is 2. The van der Waals surface area contributed by atoms with E-state index >= 15 is 0 Å². The second-order valence-electron chi connectivity index (χ2n) is 9.07. The molecule has 5 aliphatic carbocycles. The van der Waals surface area contributed by atoms with Gasteiger partial charge >= 0.3 is 11.9 Å². The van der Waals surface area contributed by atoms with E-state index in [4.69, 9.17) is 9.47 Å². The first-order valence-corrected chi connectivity index (χ1v) is 10.4. The monoisotopic (exact) mass is 368 g/mol. The van der Waals surface area contributed by atoms with Gasteiger partial charge in [0.05, 0.1) is 13.2 Å². The zero-order chi connectivity index (χ0) is 18.7. The topological polar surface area (TPSA) is 52.6 Å². The zero-order valence-corrected chi connectivity index (χ0v) is 16.1. The maximum atomic E-state index is 11.5. The molecule has 6 rings (SSSR count). The van der Waals surface area contributed by atoms with Gasteiger partial charge in [0.25, 0.3) is 0 Å². The van der Waals surface area contributed by atoms with Crippen LogP contribution in [-0.4, -0.2) is 25.2 Å². The molecule has 0 heterocycles. The van der Waals surface area contributed by atoms with Crippen LogP contribution in [0.2, 0.25) is 0 Å². The van der Waals surface area contributed by atoms with Crippen LogP contribution in [0, 0.1) is 35.5 Å². The standard InChI is InChI=1S/C23H28O4/c1-12(24)26-10-20-16-7-8-17(21(20)11-27-13(2)25)23-19-9-18(22(16)23)14-5-3-4-6-15(14)19/h3-6,16-23H,7-11H2,1-2H3/t16-,17+,18+,19-,20-,21-,22+,23-/m1/s1. The Bertz CT molecular complexity index is 708. The van der Waals surface area contributed by atoms with E-state index in [2.05, 4.69) is 24.3 Å². The van der Waals surface area contributed by atoms with Crippen LogP contribution in [0.15, 0.2) is 24.3 Å². The molecule has 27 heavy (non-hydrogen) atoms. The molecular weight excluding hydrogens is 340 g/mol. The lowest BCUT2D eigenvalue weighted by Gasteiger charge is -2.58. The first-order chi connectivity index (χ1) is 13.1. The van der Waals surface area contributed by atoms with Crippen molar-refractivity contribution >= 4 is 11.9 Å². The van der Waals surface area contributed by atoms with Crippen LogP contribution >= 0.6 is 0 Å². The molecule has 0 spiro atoms. The molecule has 4 heteroatoms. The predicted molar refractivity (Wildman–Crippen MR) is 100.0 cm³/mol. The number of hydrogen-bond acceptors (Lipinski definition) is 4. The van der Waals surface area contributed by atoms with Gasteiger partial charge in [0.2, 0.25) is 0 Å². The van der Waals surface area contributed by atoms with Gasteiger partial charge in [-0.2, -0.15) is 0 Å². The summed E-state index contributed by atoms with van der Waals surface area (Å²) in [5.41, 5.74) is 3.14. The van der Waals surface area contributed by atoms with Gasteiger partial charge < -0.3 is 9.47 Å². The summed E-state index contributed by atoms with van der Waals surface area (Å²) >= 11 is 0. The number of ether oxygens (including phenoxy) is 2. The fraction of sp³-hybridized carbons (Fsp3) is 0.652. The smallest absolute Gasteiger partial charge is 0.302 e. The van der Waals surface area contributed by atoms with Crippen molar-refractivity contribution in [3.8, 4) is 0 Å². The largest absolute Gasteiger partial charge is 0.466 e. The van der Waals surface area contributed by atoms with Crippen LogP contribution in [-0.2, 0) is 19.1 Å². The van der Waals surface area contributed by atoms with Gasteiger partial charge in [0.1, 0.15) is 0 Å². The van der Waals surface area contributed by atoms with Crippen LogP contribution in [0.5, 0.6) is 0 Å². The maximum Gasteiger partial charge on any atom is 0.302 e. The summed E-state index contributed by atoms with van der Waals surface area (Å²) < 4.78 is 11.0. The van der Waals surface area contributed by atoms with Crippen LogP contribution in [0.1, 0.15) is 56.1 Å². The van der Waals surface area contributed by atoms with Gasteiger partial charge in [-0.15, -0.1) is 0 Å². The van der Waals surface area contributed by atoms with Crippen molar-refractivity contribution in [3.05, 3.63) is 35.4 Å². The number of hydrogen-bond donors (Lipinski definition) is 0. The van der Waals surface area contributed by atoms with E-state index in [1.165, 1.54) is 33.1 Å². The lowest BCUT2D eigenvalue weighted by atomic mass is 9.47. The number of fused-ring (bicyclic) bond motifs is 7. The molecule has 4 saturated carbocycles. The van der Waals surface area contributed by atoms with Crippen molar-refractivity contribution < 1.29 is 19.1 Å². The van der Waals surface area contributed by atoms with Crippen LogP contribution < -0.4 is 0 Å². The fourth-order valence-corrected chi connectivity index (χ4v) is 7.47. The van der Waals surface area contributed by atoms with E-state index in [0.29, 0.717) is 60.6 Å². The summed E-state index contributed by atoms with van der Waals surface area (Å²) in [6.07, 6.45) is 3.72. The molecule has 5 aliphatic rings. The lowest BCUT2D eigenvalue weighted by Crippen LogP contribution is -2.54. The maximum absolute atomic E-state index is 11.5. The highest BCUT2D eigenvalue weighted by molar-refractivity contribution is 5.66. The summed E-state index contributed by atoms with van der Waals surface area (Å²) in [6, 6.07) is 9.01. The Morgan fingerprint density at radius 1 is 0.852 bits per heavy atom. The van der Waals surface area contributed by atoms with Gasteiger partial charge in [-0.3, -0.25) is 9.59 Å². The molecule has 0 unspecified atom stereocenters. The third-order valence-corrected chi connectivity index (χ3v) is 8.11. The third kappa shape index (κ3) is 2.55. The van der Waals surface area contributed by atoms with Crippen molar-refractivity contribution in [1.82, 2.24) is 0 Å². The molecular formula is C23H28O4. The van der Waals surface area contributed by atoms with Crippen molar-refractivity contribution in [3.63, 3.8) is 0 Å². The molecule has 144 valence electrons. The second-order valence-corrected chi connectivity index (χ2v) is 9.07. The molecule has 1 aromatic carbocycles. The highest BCUT2D eigenvalue weighted by Crippen LogP contribution is 2.71. The molecule has 1 aromatic rings. The molecule has 4 fully saturated rings. The Kier molecular flexibility index (Phi) is 4.06. The van der Waals surface area contributed by atoms with Crippen LogP contribution in [0.4, 0.5) is 0 Å². The highest BCUT2D eigenvalue weighted by Gasteiger charge is 2.63. The summed E-state index contributed by atoms with van der Waals surface area (Å²) in [4.78, 5) is 23.0. The fourth-order valence-electron chi connectivity index (χ4n) is 7.47. The zero-order valence-electron chi connectivity index (χ0n) is 16.1. The minimum absolute atomic E-state index is 0.211. The second kappa shape index (κ2) is 6.35. The van der Waals surface area contributed by atoms with Gasteiger partial charge in [-0.05, 0) is 65.9 Å². The molecule has 0 radical (unpaired) electrons. The predicted octanol–water partition coefficient (Wildman–Crippen LogP) is 3.90. The molecule has 0 aromatic heterocycles. The Morgan fingerprint density at radius 2 is 1.30 bits per heavy atom. The Balaban J connectivity index is 1.48. The molecule has 0 N–H and O–H groups in total. The quantitative estimate of drug-likeness (QED) is 0.757. The van der Waals surface area contributed by atoms with E-state index in [1.54, 1.807) is 11.1 Å². The van der Waals surface area contributed by atoms with Crippen LogP contribution in [0.3, 0.4) is 0 Å². The van der Waals surface area contributed by atoms with Crippen molar-refractivity contribution in [2.45, 2.75) is 44.9 Å². The first-order valence-electron chi connectivity index (χ1n) is 10.4. The average molecular weight is 368 g/mol. The van der Waals surface area contributed by atoms with Gasteiger partial charge in [-0.25, -0.2) is 0 Å². The molecule has 4 nitrogen and oxygen atoms in total. The van der Waals surface area contributed by atoms with Crippen molar-refractivity contribution in [2.75, 3.05) is 13.2 Å². The summed E-state index contributed by atoms with van der Waals surface area (Å²) in [6.45, 7) is 3.92. The minimum atomic E-state index is -0.211. The van der Waals surface area contributed by atoms with Crippen molar-refractivity contribution in [2.24, 2.45) is 35.5 Å². The molecule has 0 aliphatic heterocycles. The lowest BCUT2D eigenvalue weighted by molar-refractivity contribution is -0.161. The molecule has 8 atom stereocenters. The summed E-state index contributed by atoms with van der Waals surface area (Å²) in [5, 5.41) is 0. The summed E-state index contributed by atoms with van der Waals surface area (Å²) in [5.74, 6) is 4.11. The average Bonchev–Trinajstić information content (AvgIpc) is 3.24. The number of benzene rings is 1. The Labute approximate surface area is 160 Å². The van der Waals surface area contributed by atoms with Crippen molar-refractivity contribution in [1.29, 1.82) is 0 Å². The molecule has 4 bridgehead atoms. The third-order valence-electron chi connectivity index (χ3n) is 8.11. The Hall–Kier alpha value is -1.84. The van der Waals surface area contributed by atoms with Gasteiger partial charge in [0, 0.05) is 25.7 Å².